The monoisotopic (exact) mass is 271 g/mol. The third-order valence-electron chi connectivity index (χ3n) is 3.06. The molecule has 0 amide bonds. The minimum Gasteiger partial charge on any atom is -0.202 e. The summed E-state index contributed by atoms with van der Waals surface area (Å²) in [6, 6.07) is 1.94. The Morgan fingerprint density at radius 2 is 2.28 bits per heavy atom. The first kappa shape index (κ1) is 15.2. The third kappa shape index (κ3) is 5.17. The van der Waals surface area contributed by atoms with Crippen LogP contribution in [0.3, 0.4) is 0 Å². The first-order chi connectivity index (χ1) is 8.56. The topological polar surface area (TPSA) is 73.2 Å². The quantitative estimate of drug-likeness (QED) is 0.714. The van der Waals surface area contributed by atoms with Crippen LogP contribution < -0.4 is 4.72 Å². The van der Waals surface area contributed by atoms with Crippen molar-refractivity contribution in [2.45, 2.75) is 38.5 Å². The van der Waals surface area contributed by atoms with Crippen LogP contribution in [0, 0.1) is 11.3 Å². The SMILES string of the molecule is CN(CCC#N)S(=O)(=O)NCCC1=CCCCC1. The van der Waals surface area contributed by atoms with E-state index in [1.165, 1.54) is 29.8 Å². The standard InChI is InChI=1S/C12H21N3O2S/c1-15(11-5-9-13)18(16,17)14-10-8-12-6-3-2-4-7-12/h6,14H,2-5,7-8,10-11H2,1H3. The number of nitrogens with zero attached hydrogens (tertiary/aromatic N) is 2. The number of nitriles is 1. The van der Waals surface area contributed by atoms with Gasteiger partial charge in [-0.1, -0.05) is 11.6 Å². The lowest BCUT2D eigenvalue weighted by molar-refractivity contribution is 0.464. The van der Waals surface area contributed by atoms with Crippen molar-refractivity contribution in [3.63, 3.8) is 0 Å². The van der Waals surface area contributed by atoms with Crippen LogP contribution in [0.15, 0.2) is 11.6 Å². The summed E-state index contributed by atoms with van der Waals surface area (Å²) in [6.07, 6.45) is 7.87. The molecule has 0 atom stereocenters. The smallest absolute Gasteiger partial charge is 0.202 e. The average Bonchev–Trinajstić information content (AvgIpc) is 2.37. The normalized spacial score (nSPS) is 16.4. The van der Waals surface area contributed by atoms with Crippen molar-refractivity contribution in [2.24, 2.45) is 0 Å². The molecule has 0 aliphatic heterocycles. The number of allylic oxidation sites excluding steroid dienone is 1. The van der Waals surface area contributed by atoms with E-state index in [4.69, 9.17) is 5.26 Å². The van der Waals surface area contributed by atoms with Crippen LogP contribution in [0.1, 0.15) is 38.5 Å². The Morgan fingerprint density at radius 3 is 2.89 bits per heavy atom. The van der Waals surface area contributed by atoms with Gasteiger partial charge in [-0.3, -0.25) is 0 Å². The molecule has 0 aromatic carbocycles. The van der Waals surface area contributed by atoms with Crippen LogP contribution >= 0.6 is 0 Å². The highest BCUT2D eigenvalue weighted by atomic mass is 32.2. The maximum Gasteiger partial charge on any atom is 0.279 e. The van der Waals surface area contributed by atoms with Gasteiger partial charge in [0.05, 0.1) is 6.07 Å². The summed E-state index contributed by atoms with van der Waals surface area (Å²) in [5, 5.41) is 8.43. The van der Waals surface area contributed by atoms with Crippen LogP contribution in [-0.2, 0) is 10.2 Å². The molecule has 102 valence electrons. The molecule has 1 rings (SSSR count). The van der Waals surface area contributed by atoms with Gasteiger partial charge in [0, 0.05) is 26.6 Å². The van der Waals surface area contributed by atoms with Gasteiger partial charge < -0.3 is 0 Å². The van der Waals surface area contributed by atoms with Crippen molar-refractivity contribution in [2.75, 3.05) is 20.1 Å². The van der Waals surface area contributed by atoms with Crippen LogP contribution in [0.25, 0.3) is 0 Å². The highest BCUT2D eigenvalue weighted by molar-refractivity contribution is 7.87. The fraction of sp³-hybridized carbons (Fsp3) is 0.750. The molecule has 18 heavy (non-hydrogen) atoms. The van der Waals surface area contributed by atoms with E-state index in [0.717, 1.165) is 19.3 Å². The number of hydrogen-bond acceptors (Lipinski definition) is 3. The van der Waals surface area contributed by atoms with Gasteiger partial charge in [0.25, 0.3) is 10.2 Å². The maximum absolute atomic E-state index is 11.8. The molecule has 6 heteroatoms. The summed E-state index contributed by atoms with van der Waals surface area (Å²) in [5.74, 6) is 0. The molecule has 0 radical (unpaired) electrons. The highest BCUT2D eigenvalue weighted by Gasteiger charge is 2.16. The zero-order chi connectivity index (χ0) is 13.4. The lowest BCUT2D eigenvalue weighted by Gasteiger charge is -2.17. The van der Waals surface area contributed by atoms with Crippen LogP contribution in [-0.4, -0.2) is 32.9 Å². The zero-order valence-electron chi connectivity index (χ0n) is 10.9. The Bertz CT molecular complexity index is 423. The highest BCUT2D eigenvalue weighted by Crippen LogP contribution is 2.19. The van der Waals surface area contributed by atoms with Crippen LogP contribution in [0.2, 0.25) is 0 Å². The van der Waals surface area contributed by atoms with Gasteiger partial charge in [-0.2, -0.15) is 18.0 Å². The number of rotatable bonds is 7. The Hall–Kier alpha value is -0.900. The van der Waals surface area contributed by atoms with Crippen LogP contribution in [0.5, 0.6) is 0 Å². The molecule has 5 nitrogen and oxygen atoms in total. The Morgan fingerprint density at radius 1 is 1.50 bits per heavy atom. The summed E-state index contributed by atoms with van der Waals surface area (Å²) in [6.45, 7) is 0.666. The average molecular weight is 271 g/mol. The van der Waals surface area contributed by atoms with Gasteiger partial charge in [-0.05, 0) is 32.1 Å². The second-order valence-corrected chi connectivity index (χ2v) is 6.35. The molecule has 1 aliphatic rings. The van der Waals surface area contributed by atoms with Crippen molar-refractivity contribution in [3.05, 3.63) is 11.6 Å². The second-order valence-electron chi connectivity index (χ2n) is 4.49. The Labute approximate surface area is 110 Å². The van der Waals surface area contributed by atoms with Gasteiger partial charge in [-0.15, -0.1) is 0 Å². The van der Waals surface area contributed by atoms with E-state index in [1.807, 2.05) is 6.07 Å². The van der Waals surface area contributed by atoms with Gasteiger partial charge in [0.15, 0.2) is 0 Å². The van der Waals surface area contributed by atoms with Gasteiger partial charge >= 0.3 is 0 Å². The molecule has 0 aromatic rings. The molecule has 0 aromatic heterocycles. The summed E-state index contributed by atoms with van der Waals surface area (Å²) >= 11 is 0. The predicted octanol–water partition coefficient (Wildman–Crippen LogP) is 1.56. The molecule has 1 aliphatic carbocycles. The lowest BCUT2D eigenvalue weighted by atomic mass is 9.97. The predicted molar refractivity (Wildman–Crippen MR) is 71.0 cm³/mol. The number of hydrogen-bond donors (Lipinski definition) is 1. The Balaban J connectivity index is 2.32. The Kier molecular flexibility index (Phi) is 6.33. The minimum atomic E-state index is -3.43. The fourth-order valence-corrected chi connectivity index (χ4v) is 2.82. The van der Waals surface area contributed by atoms with E-state index in [1.54, 1.807) is 0 Å². The van der Waals surface area contributed by atoms with E-state index in [0.29, 0.717) is 6.54 Å². The van der Waals surface area contributed by atoms with E-state index in [-0.39, 0.29) is 13.0 Å². The molecule has 0 heterocycles. The molecule has 0 fully saturated rings. The van der Waals surface area contributed by atoms with Crippen LogP contribution in [0.4, 0.5) is 0 Å². The zero-order valence-corrected chi connectivity index (χ0v) is 11.7. The van der Waals surface area contributed by atoms with E-state index in [9.17, 15) is 8.42 Å². The second kappa shape index (κ2) is 7.52. The molecular formula is C12H21N3O2S. The summed E-state index contributed by atoms with van der Waals surface area (Å²) in [4.78, 5) is 0. The van der Waals surface area contributed by atoms with Gasteiger partial charge in [-0.25, -0.2) is 4.72 Å². The van der Waals surface area contributed by atoms with E-state index in [2.05, 4.69) is 10.8 Å². The van der Waals surface area contributed by atoms with E-state index < -0.39 is 10.2 Å². The summed E-state index contributed by atoms with van der Waals surface area (Å²) < 4.78 is 27.3. The first-order valence-corrected chi connectivity index (χ1v) is 7.76. The molecule has 0 saturated heterocycles. The molecule has 1 N–H and O–H groups in total. The van der Waals surface area contributed by atoms with Crippen molar-refractivity contribution in [1.82, 2.24) is 9.03 Å². The first-order valence-electron chi connectivity index (χ1n) is 6.32. The summed E-state index contributed by atoms with van der Waals surface area (Å²) in [5.41, 5.74) is 1.35. The van der Waals surface area contributed by atoms with Crippen molar-refractivity contribution in [1.29, 1.82) is 5.26 Å². The van der Waals surface area contributed by atoms with Crippen molar-refractivity contribution >= 4 is 10.2 Å². The largest absolute Gasteiger partial charge is 0.279 e. The maximum atomic E-state index is 11.8. The molecule has 0 unspecified atom stereocenters. The fourth-order valence-electron chi connectivity index (χ4n) is 1.91. The van der Waals surface area contributed by atoms with Crippen molar-refractivity contribution in [3.8, 4) is 6.07 Å². The summed E-state index contributed by atoms with van der Waals surface area (Å²) in [7, 11) is -1.94. The minimum absolute atomic E-state index is 0.211. The molecule has 0 saturated carbocycles. The van der Waals surface area contributed by atoms with Gasteiger partial charge in [0.1, 0.15) is 0 Å². The third-order valence-corrected chi connectivity index (χ3v) is 4.64. The lowest BCUT2D eigenvalue weighted by Crippen LogP contribution is -2.39. The molecule has 0 bridgehead atoms. The van der Waals surface area contributed by atoms with E-state index >= 15 is 0 Å². The number of nitrogens with one attached hydrogen (secondary N) is 1. The van der Waals surface area contributed by atoms with Crippen molar-refractivity contribution < 1.29 is 8.42 Å². The molecule has 0 spiro atoms. The van der Waals surface area contributed by atoms with Gasteiger partial charge in [0.2, 0.25) is 0 Å². The molecular weight excluding hydrogens is 250 g/mol.